The molecule has 1 heterocycles. The predicted molar refractivity (Wildman–Crippen MR) is 96.8 cm³/mol. The molecule has 0 aromatic heterocycles. The largest absolute Gasteiger partial charge is 0.493 e. The first kappa shape index (κ1) is 19.1. The van der Waals surface area contributed by atoms with Crippen molar-refractivity contribution in [2.75, 3.05) is 32.6 Å². The number of halogens is 1. The van der Waals surface area contributed by atoms with E-state index in [9.17, 15) is 9.00 Å². The highest BCUT2D eigenvalue weighted by molar-refractivity contribution is 7.86. The zero-order valence-electron chi connectivity index (χ0n) is 14.6. The Kier molecular flexibility index (Phi) is 6.15. The zero-order valence-corrected chi connectivity index (χ0v) is 16.1. The molecule has 1 amide bonds. The van der Waals surface area contributed by atoms with Gasteiger partial charge in [0.2, 0.25) is 0 Å². The number of ether oxygens (including phenoxy) is 2. The summed E-state index contributed by atoms with van der Waals surface area (Å²) >= 11 is 6.29. The van der Waals surface area contributed by atoms with Gasteiger partial charge in [0.05, 0.1) is 23.5 Å². The number of rotatable bonds is 5. The summed E-state index contributed by atoms with van der Waals surface area (Å²) < 4.78 is 22.6. The third-order valence-electron chi connectivity index (χ3n) is 3.95. The molecule has 0 N–H and O–H groups in total. The Morgan fingerprint density at radius 2 is 2.12 bits per heavy atom. The van der Waals surface area contributed by atoms with Crippen LogP contribution in [0, 0.1) is 0 Å². The van der Waals surface area contributed by atoms with Gasteiger partial charge in [-0.2, -0.15) is 0 Å². The fourth-order valence-corrected chi connectivity index (χ4v) is 4.13. The normalized spacial score (nSPS) is 19.9. The minimum atomic E-state index is -0.927. The maximum absolute atomic E-state index is 12.8. The third kappa shape index (κ3) is 4.03. The Bertz CT molecular complexity index is 648. The van der Waals surface area contributed by atoms with Crippen LogP contribution in [0.25, 0.3) is 0 Å². The molecule has 1 aromatic rings. The van der Waals surface area contributed by atoms with E-state index in [-0.39, 0.29) is 5.91 Å². The fraction of sp³-hybridized carbons (Fsp3) is 0.588. The van der Waals surface area contributed by atoms with Crippen LogP contribution in [0.4, 0.5) is 0 Å². The van der Waals surface area contributed by atoms with Gasteiger partial charge in [-0.3, -0.25) is 9.00 Å². The minimum Gasteiger partial charge on any atom is -0.493 e. The van der Waals surface area contributed by atoms with E-state index in [0.717, 1.165) is 6.42 Å². The first-order chi connectivity index (χ1) is 11.3. The van der Waals surface area contributed by atoms with Gasteiger partial charge in [0.1, 0.15) is 0 Å². The van der Waals surface area contributed by atoms with Gasteiger partial charge in [-0.25, -0.2) is 0 Å². The van der Waals surface area contributed by atoms with Crippen LogP contribution in [-0.4, -0.2) is 52.3 Å². The summed E-state index contributed by atoms with van der Waals surface area (Å²) in [5.41, 5.74) is 0.448. The number of carbonyl (C=O) groups is 1. The van der Waals surface area contributed by atoms with Gasteiger partial charge in [-0.1, -0.05) is 18.5 Å². The molecule has 5 nitrogen and oxygen atoms in total. The van der Waals surface area contributed by atoms with Crippen LogP contribution >= 0.6 is 11.6 Å². The van der Waals surface area contributed by atoms with Crippen LogP contribution in [0.5, 0.6) is 11.5 Å². The molecule has 1 aliphatic rings. The van der Waals surface area contributed by atoms with Crippen LogP contribution < -0.4 is 9.47 Å². The maximum Gasteiger partial charge on any atom is 0.254 e. The van der Waals surface area contributed by atoms with E-state index in [4.69, 9.17) is 21.1 Å². The molecule has 0 bridgehead atoms. The van der Waals surface area contributed by atoms with Gasteiger partial charge in [0.25, 0.3) is 5.91 Å². The van der Waals surface area contributed by atoms with Crippen molar-refractivity contribution in [1.82, 2.24) is 4.90 Å². The van der Waals surface area contributed by atoms with Crippen molar-refractivity contribution < 1.29 is 18.5 Å². The molecule has 1 atom stereocenters. The molecule has 0 spiro atoms. The lowest BCUT2D eigenvalue weighted by atomic mass is 10.1. The van der Waals surface area contributed by atoms with Gasteiger partial charge in [0.15, 0.2) is 11.5 Å². The van der Waals surface area contributed by atoms with Crippen LogP contribution in [0.2, 0.25) is 5.02 Å². The van der Waals surface area contributed by atoms with Crippen molar-refractivity contribution in [2.24, 2.45) is 0 Å². The van der Waals surface area contributed by atoms with Gasteiger partial charge in [0, 0.05) is 35.2 Å². The van der Waals surface area contributed by atoms with Gasteiger partial charge in [-0.05, 0) is 32.4 Å². The summed E-state index contributed by atoms with van der Waals surface area (Å²) in [6, 6.07) is 3.26. The Balaban J connectivity index is 2.27. The Hall–Kier alpha value is -1.27. The van der Waals surface area contributed by atoms with Crippen LogP contribution in [0.3, 0.4) is 0 Å². The molecule has 1 fully saturated rings. The lowest BCUT2D eigenvalue weighted by molar-refractivity contribution is 0.0745. The van der Waals surface area contributed by atoms with E-state index in [0.29, 0.717) is 47.5 Å². The summed E-state index contributed by atoms with van der Waals surface area (Å²) in [5.74, 6) is 1.25. The van der Waals surface area contributed by atoms with Crippen molar-refractivity contribution in [3.05, 3.63) is 22.7 Å². The van der Waals surface area contributed by atoms with Crippen LogP contribution in [0.15, 0.2) is 12.1 Å². The van der Waals surface area contributed by atoms with E-state index in [1.807, 2.05) is 20.8 Å². The molecular weight excluding hydrogens is 350 g/mol. The highest BCUT2D eigenvalue weighted by Crippen LogP contribution is 2.37. The topological polar surface area (TPSA) is 55.8 Å². The van der Waals surface area contributed by atoms with E-state index < -0.39 is 15.5 Å². The first-order valence-corrected chi connectivity index (χ1v) is 9.68. The monoisotopic (exact) mass is 373 g/mol. The molecule has 7 heteroatoms. The fourth-order valence-electron chi connectivity index (χ4n) is 2.62. The summed E-state index contributed by atoms with van der Waals surface area (Å²) in [5, 5.41) is 0.353. The zero-order chi connectivity index (χ0) is 17.9. The number of nitrogens with zero attached hydrogens (tertiary/aromatic N) is 1. The van der Waals surface area contributed by atoms with Crippen LogP contribution in [-0.2, 0) is 10.8 Å². The van der Waals surface area contributed by atoms with Crippen LogP contribution in [0.1, 0.15) is 37.6 Å². The van der Waals surface area contributed by atoms with Crippen molar-refractivity contribution in [1.29, 1.82) is 0 Å². The van der Waals surface area contributed by atoms with Gasteiger partial charge >= 0.3 is 0 Å². The Labute approximate surface area is 150 Å². The molecule has 24 heavy (non-hydrogen) atoms. The molecule has 1 saturated heterocycles. The highest BCUT2D eigenvalue weighted by Gasteiger charge is 2.35. The molecule has 0 unspecified atom stereocenters. The predicted octanol–water partition coefficient (Wildman–Crippen LogP) is 3.12. The van der Waals surface area contributed by atoms with E-state index >= 15 is 0 Å². The van der Waals surface area contributed by atoms with E-state index in [1.165, 1.54) is 7.11 Å². The first-order valence-electron chi connectivity index (χ1n) is 7.98. The average Bonchev–Trinajstić information content (AvgIpc) is 2.54. The quantitative estimate of drug-likeness (QED) is 0.795. The van der Waals surface area contributed by atoms with E-state index in [2.05, 4.69) is 0 Å². The number of hydrogen-bond acceptors (Lipinski definition) is 4. The van der Waals surface area contributed by atoms with Crippen molar-refractivity contribution in [3.63, 3.8) is 0 Å². The standard InChI is InChI=1S/C17H24ClNO4S/c1-5-7-23-15-13(18)9-12(10-14(15)22-4)16(20)19-6-8-24(21)17(2,3)11-19/h9-10H,5-8,11H2,1-4H3/t24-/m1/s1. The summed E-state index contributed by atoms with van der Waals surface area (Å²) in [4.78, 5) is 14.5. The molecule has 1 aliphatic heterocycles. The van der Waals surface area contributed by atoms with Crippen molar-refractivity contribution in [3.8, 4) is 11.5 Å². The second-order valence-electron chi connectivity index (χ2n) is 6.37. The summed E-state index contributed by atoms with van der Waals surface area (Å²) in [6.45, 7) is 7.28. The Morgan fingerprint density at radius 1 is 1.42 bits per heavy atom. The summed E-state index contributed by atoms with van der Waals surface area (Å²) in [7, 11) is 0.593. The molecule has 0 aliphatic carbocycles. The molecule has 2 rings (SSSR count). The maximum atomic E-state index is 12.8. The lowest BCUT2D eigenvalue weighted by Crippen LogP contribution is -2.52. The molecular formula is C17H24ClNO4S. The lowest BCUT2D eigenvalue weighted by Gasteiger charge is -2.37. The number of methoxy groups -OCH3 is 1. The average molecular weight is 374 g/mol. The molecule has 134 valence electrons. The SMILES string of the molecule is CCCOc1c(Cl)cc(C(=O)N2CC[S@@](=O)C(C)(C)C2)cc1OC. The summed E-state index contributed by atoms with van der Waals surface area (Å²) in [6.07, 6.45) is 0.847. The van der Waals surface area contributed by atoms with E-state index in [1.54, 1.807) is 17.0 Å². The molecule has 0 saturated carbocycles. The minimum absolute atomic E-state index is 0.137. The number of benzene rings is 1. The number of amides is 1. The second kappa shape index (κ2) is 7.74. The molecule has 1 aromatic carbocycles. The third-order valence-corrected chi connectivity index (χ3v) is 6.14. The molecule has 0 radical (unpaired) electrons. The highest BCUT2D eigenvalue weighted by atomic mass is 35.5. The van der Waals surface area contributed by atoms with Gasteiger partial charge in [-0.15, -0.1) is 0 Å². The number of carbonyl (C=O) groups excluding carboxylic acids is 1. The van der Waals surface area contributed by atoms with Crippen molar-refractivity contribution >= 4 is 28.3 Å². The number of hydrogen-bond donors (Lipinski definition) is 0. The smallest absolute Gasteiger partial charge is 0.254 e. The van der Waals surface area contributed by atoms with Crippen molar-refractivity contribution in [2.45, 2.75) is 31.9 Å². The van der Waals surface area contributed by atoms with Gasteiger partial charge < -0.3 is 14.4 Å². The Morgan fingerprint density at radius 3 is 2.71 bits per heavy atom. The second-order valence-corrected chi connectivity index (χ2v) is 8.99.